The van der Waals surface area contributed by atoms with Crippen molar-refractivity contribution in [1.29, 1.82) is 0 Å². The fourth-order valence-corrected chi connectivity index (χ4v) is 4.47. The Morgan fingerprint density at radius 3 is 2.70 bits per heavy atom. The summed E-state index contributed by atoms with van der Waals surface area (Å²) < 4.78 is 2.71. The minimum atomic E-state index is 0.364. The average Bonchev–Trinajstić information content (AvgIpc) is 2.86. The van der Waals surface area contributed by atoms with Crippen LogP contribution >= 0.6 is 23.4 Å². The van der Waals surface area contributed by atoms with Crippen molar-refractivity contribution in [3.63, 3.8) is 0 Å². The lowest BCUT2D eigenvalue weighted by Gasteiger charge is -2.36. The van der Waals surface area contributed by atoms with Crippen molar-refractivity contribution in [3.05, 3.63) is 30.1 Å². The Bertz CT molecular complexity index is 587. The van der Waals surface area contributed by atoms with E-state index in [9.17, 15) is 0 Å². The fraction of sp³-hybridized carbons (Fsp3) is 0.562. The first kappa shape index (κ1) is 14.3. The summed E-state index contributed by atoms with van der Waals surface area (Å²) in [7, 11) is 0. The molecule has 1 saturated carbocycles. The zero-order valence-electron chi connectivity index (χ0n) is 11.9. The third-order valence-electron chi connectivity index (χ3n) is 4.50. The molecule has 4 heteroatoms. The zero-order chi connectivity index (χ0) is 14.0. The number of imidazole rings is 1. The van der Waals surface area contributed by atoms with Gasteiger partial charge in [-0.25, -0.2) is 4.98 Å². The van der Waals surface area contributed by atoms with Crippen molar-refractivity contribution in [2.24, 2.45) is 0 Å². The lowest BCUT2D eigenvalue weighted by molar-refractivity contribution is 0.359. The Labute approximate surface area is 129 Å². The van der Waals surface area contributed by atoms with Crippen LogP contribution in [0.2, 0.25) is 0 Å². The largest absolute Gasteiger partial charge is 0.326 e. The molecule has 0 unspecified atom stereocenters. The smallest absolute Gasteiger partial charge is 0.124 e. The third-order valence-corrected chi connectivity index (χ3v) is 6.14. The predicted octanol–water partition coefficient (Wildman–Crippen LogP) is 4.84. The van der Waals surface area contributed by atoms with Gasteiger partial charge in [0.15, 0.2) is 0 Å². The lowest BCUT2D eigenvalue weighted by atomic mass is 9.88. The Morgan fingerprint density at radius 1 is 1.25 bits per heavy atom. The molecule has 1 aliphatic rings. The molecule has 2 nitrogen and oxygen atoms in total. The Kier molecular flexibility index (Phi) is 4.27. The number of hydrogen-bond donors (Lipinski definition) is 0. The van der Waals surface area contributed by atoms with Gasteiger partial charge in [0, 0.05) is 11.3 Å². The van der Waals surface area contributed by atoms with Crippen LogP contribution in [0.4, 0.5) is 0 Å². The Morgan fingerprint density at radius 2 is 2.00 bits per heavy atom. The van der Waals surface area contributed by atoms with Gasteiger partial charge in [-0.3, -0.25) is 0 Å². The monoisotopic (exact) mass is 308 g/mol. The van der Waals surface area contributed by atoms with E-state index in [0.29, 0.717) is 10.6 Å². The Hall–Kier alpha value is -0.670. The molecule has 0 bridgehead atoms. The molecule has 20 heavy (non-hydrogen) atoms. The summed E-state index contributed by atoms with van der Waals surface area (Å²) in [5.74, 6) is 1.49. The van der Waals surface area contributed by atoms with Crippen LogP contribution in [0, 0.1) is 0 Å². The number of hydrogen-bond acceptors (Lipinski definition) is 2. The minimum Gasteiger partial charge on any atom is -0.326 e. The summed E-state index contributed by atoms with van der Waals surface area (Å²) in [6.07, 6.45) is 8.96. The molecule has 1 heterocycles. The van der Waals surface area contributed by atoms with Crippen molar-refractivity contribution in [2.45, 2.75) is 49.3 Å². The predicted molar refractivity (Wildman–Crippen MR) is 88.6 cm³/mol. The van der Waals surface area contributed by atoms with Crippen LogP contribution in [-0.2, 0) is 12.4 Å². The molecule has 0 amide bonds. The number of nitrogens with zero attached hydrogens (tertiary/aromatic N) is 2. The summed E-state index contributed by atoms with van der Waals surface area (Å²) in [6, 6.07) is 8.37. The van der Waals surface area contributed by atoms with Gasteiger partial charge in [-0.2, -0.15) is 11.8 Å². The highest BCUT2D eigenvalue weighted by atomic mass is 35.5. The van der Waals surface area contributed by atoms with Crippen molar-refractivity contribution in [1.82, 2.24) is 9.55 Å². The van der Waals surface area contributed by atoms with Crippen LogP contribution in [0.3, 0.4) is 0 Å². The first-order valence-electron chi connectivity index (χ1n) is 7.33. The van der Waals surface area contributed by atoms with Gasteiger partial charge >= 0.3 is 0 Å². The summed E-state index contributed by atoms with van der Waals surface area (Å²) >= 11 is 8.15. The molecule has 1 aromatic carbocycles. The molecule has 1 fully saturated rings. The number of fused-ring (bicyclic) bond motifs is 1. The number of para-hydroxylation sites is 2. The molecule has 108 valence electrons. The molecule has 1 aliphatic carbocycles. The average molecular weight is 309 g/mol. The van der Waals surface area contributed by atoms with E-state index in [1.54, 1.807) is 0 Å². The zero-order valence-corrected chi connectivity index (χ0v) is 13.5. The maximum Gasteiger partial charge on any atom is 0.124 e. The molecule has 0 radical (unpaired) electrons. The molecule has 0 spiro atoms. The first-order chi connectivity index (χ1) is 9.78. The van der Waals surface area contributed by atoms with Gasteiger partial charge in [0.05, 0.1) is 16.9 Å². The standard InChI is InChI=1S/C16H21ClN2S/c1-20-16(9-5-2-6-10-16)12-19-14-8-4-3-7-13(14)18-15(19)11-17/h3-4,7-8H,2,5-6,9-12H2,1H3. The number of rotatable bonds is 4. The topological polar surface area (TPSA) is 17.8 Å². The molecule has 0 saturated heterocycles. The van der Waals surface area contributed by atoms with E-state index < -0.39 is 0 Å². The third kappa shape index (κ3) is 2.58. The summed E-state index contributed by atoms with van der Waals surface area (Å²) in [5.41, 5.74) is 2.29. The van der Waals surface area contributed by atoms with Crippen LogP contribution in [-0.4, -0.2) is 20.6 Å². The fourth-order valence-electron chi connectivity index (χ4n) is 3.31. The molecule has 1 aromatic heterocycles. The molecule has 0 atom stereocenters. The quantitative estimate of drug-likeness (QED) is 0.752. The van der Waals surface area contributed by atoms with Crippen molar-refractivity contribution in [3.8, 4) is 0 Å². The maximum atomic E-state index is 6.12. The number of thioether (sulfide) groups is 1. The van der Waals surface area contributed by atoms with Gasteiger partial charge in [-0.05, 0) is 31.2 Å². The molecule has 0 aliphatic heterocycles. The van der Waals surface area contributed by atoms with Crippen LogP contribution in [0.5, 0.6) is 0 Å². The van der Waals surface area contributed by atoms with E-state index in [1.807, 2.05) is 17.8 Å². The van der Waals surface area contributed by atoms with E-state index in [0.717, 1.165) is 17.9 Å². The second-order valence-electron chi connectivity index (χ2n) is 5.68. The SMILES string of the molecule is CSC1(Cn2c(CCl)nc3ccccc32)CCCCC1. The van der Waals surface area contributed by atoms with Crippen LogP contribution < -0.4 is 0 Å². The van der Waals surface area contributed by atoms with Crippen LogP contribution in [0.25, 0.3) is 11.0 Å². The second-order valence-corrected chi connectivity index (χ2v) is 7.23. The number of halogens is 1. The van der Waals surface area contributed by atoms with Crippen molar-refractivity contribution in [2.75, 3.05) is 6.26 Å². The minimum absolute atomic E-state index is 0.364. The lowest BCUT2D eigenvalue weighted by Crippen LogP contribution is -2.33. The normalized spacial score (nSPS) is 18.5. The van der Waals surface area contributed by atoms with Gasteiger partial charge in [-0.1, -0.05) is 31.4 Å². The highest BCUT2D eigenvalue weighted by molar-refractivity contribution is 8.00. The van der Waals surface area contributed by atoms with E-state index in [2.05, 4.69) is 34.0 Å². The highest BCUT2D eigenvalue weighted by Gasteiger charge is 2.32. The number of alkyl halides is 1. The van der Waals surface area contributed by atoms with Gasteiger partial charge in [0.1, 0.15) is 5.82 Å². The number of benzene rings is 1. The van der Waals surface area contributed by atoms with Gasteiger partial charge in [0.25, 0.3) is 0 Å². The first-order valence-corrected chi connectivity index (χ1v) is 9.09. The molecule has 2 aromatic rings. The van der Waals surface area contributed by atoms with E-state index in [4.69, 9.17) is 11.6 Å². The summed E-state index contributed by atoms with van der Waals surface area (Å²) in [5, 5.41) is 0. The molecule has 3 rings (SSSR count). The molecular formula is C16H21ClN2S. The van der Waals surface area contributed by atoms with Gasteiger partial charge in [-0.15, -0.1) is 11.6 Å². The van der Waals surface area contributed by atoms with E-state index in [1.165, 1.54) is 37.6 Å². The number of aromatic nitrogens is 2. The van der Waals surface area contributed by atoms with Crippen molar-refractivity contribution < 1.29 is 0 Å². The summed E-state index contributed by atoms with van der Waals surface area (Å²) in [6.45, 7) is 1.04. The van der Waals surface area contributed by atoms with Crippen LogP contribution in [0.15, 0.2) is 24.3 Å². The molecule has 0 N–H and O–H groups in total. The van der Waals surface area contributed by atoms with Crippen LogP contribution in [0.1, 0.15) is 37.9 Å². The second kappa shape index (κ2) is 5.98. The maximum absolute atomic E-state index is 6.12. The molecular weight excluding hydrogens is 288 g/mol. The van der Waals surface area contributed by atoms with Crippen molar-refractivity contribution >= 4 is 34.4 Å². The Balaban J connectivity index is 2.00. The van der Waals surface area contributed by atoms with E-state index in [-0.39, 0.29) is 0 Å². The summed E-state index contributed by atoms with van der Waals surface area (Å²) in [4.78, 5) is 4.68. The highest BCUT2D eigenvalue weighted by Crippen LogP contribution is 2.40. The van der Waals surface area contributed by atoms with E-state index >= 15 is 0 Å². The van der Waals surface area contributed by atoms with Gasteiger partial charge in [0.2, 0.25) is 0 Å². The van der Waals surface area contributed by atoms with Gasteiger partial charge < -0.3 is 4.57 Å².